The molecule has 4 rings (SSSR count). The summed E-state index contributed by atoms with van der Waals surface area (Å²) in [6, 6.07) is 9.10. The molecule has 0 radical (unpaired) electrons. The number of hydrogen-bond acceptors (Lipinski definition) is 7. The highest BCUT2D eigenvalue weighted by Gasteiger charge is 2.31. The number of fused-ring (bicyclic) bond motifs is 1. The number of urea groups is 1. The van der Waals surface area contributed by atoms with Crippen LogP contribution in [0.3, 0.4) is 0 Å². The minimum absolute atomic E-state index is 0.00315. The molecule has 176 valence electrons. The predicted octanol–water partition coefficient (Wildman–Crippen LogP) is 3.34. The Kier molecular flexibility index (Phi) is 6.78. The Hall–Kier alpha value is -3.60. The van der Waals surface area contributed by atoms with E-state index in [0.29, 0.717) is 23.7 Å². The van der Waals surface area contributed by atoms with E-state index in [1.165, 1.54) is 13.2 Å². The van der Waals surface area contributed by atoms with E-state index in [0.717, 1.165) is 18.4 Å². The van der Waals surface area contributed by atoms with Crippen LogP contribution in [0.4, 0.5) is 19.3 Å². The number of nitrogens with one attached hydrogen (secondary N) is 2. The minimum Gasteiger partial charge on any atom is -0.493 e. The van der Waals surface area contributed by atoms with Gasteiger partial charge in [0.2, 0.25) is 12.7 Å². The Balaban J connectivity index is 1.33. The zero-order chi connectivity index (χ0) is 23.4. The van der Waals surface area contributed by atoms with Gasteiger partial charge in [0.1, 0.15) is 0 Å². The summed E-state index contributed by atoms with van der Waals surface area (Å²) in [5, 5.41) is 4.91. The summed E-state index contributed by atoms with van der Waals surface area (Å²) in [6.07, 6.45) is 1.86. The van der Waals surface area contributed by atoms with Crippen molar-refractivity contribution < 1.29 is 37.3 Å². The average molecular weight is 463 g/mol. The van der Waals surface area contributed by atoms with Crippen molar-refractivity contribution in [3.05, 3.63) is 42.0 Å². The van der Waals surface area contributed by atoms with E-state index in [1.807, 2.05) is 4.90 Å². The van der Waals surface area contributed by atoms with Crippen molar-refractivity contribution in [2.75, 3.05) is 25.8 Å². The molecule has 1 saturated carbocycles. The Bertz CT molecular complexity index is 1030. The van der Waals surface area contributed by atoms with Gasteiger partial charge in [0, 0.05) is 24.3 Å². The van der Waals surface area contributed by atoms with Crippen LogP contribution >= 0.6 is 0 Å². The first-order valence-corrected chi connectivity index (χ1v) is 10.3. The molecular formula is C22H23F2N3O6. The largest absolute Gasteiger partial charge is 0.493 e. The van der Waals surface area contributed by atoms with Crippen LogP contribution in [-0.4, -0.2) is 49.9 Å². The van der Waals surface area contributed by atoms with Crippen LogP contribution in [0, 0.1) is 0 Å². The molecule has 2 aromatic carbocycles. The summed E-state index contributed by atoms with van der Waals surface area (Å²) >= 11 is 0. The number of benzene rings is 2. The first-order chi connectivity index (χ1) is 15.9. The van der Waals surface area contributed by atoms with Crippen molar-refractivity contribution in [1.29, 1.82) is 0 Å². The molecule has 9 nitrogen and oxygen atoms in total. The first kappa shape index (κ1) is 22.6. The fourth-order valence-corrected chi connectivity index (χ4v) is 3.48. The second kappa shape index (κ2) is 9.90. The van der Waals surface area contributed by atoms with E-state index in [1.54, 1.807) is 30.3 Å². The normalized spacial score (nSPS) is 14.3. The molecule has 0 aromatic heterocycles. The average Bonchev–Trinajstić information content (AvgIpc) is 3.51. The number of alkyl halides is 2. The van der Waals surface area contributed by atoms with E-state index in [4.69, 9.17) is 14.2 Å². The zero-order valence-electron chi connectivity index (χ0n) is 17.8. The highest BCUT2D eigenvalue weighted by molar-refractivity contribution is 6.01. The summed E-state index contributed by atoms with van der Waals surface area (Å²) in [7, 11) is 1.36. The standard InChI is InChI=1S/C22H23F2N3O6/c1-30-18-8-13(2-6-17(18)33-21(23)24)10-27(15-4-5-15)11-20(28)26-22(29)25-14-3-7-16-19(9-14)32-12-31-16/h2-3,6-9,15,21H,4-5,10-12H2,1H3,(H2,25,26,28,29). The van der Waals surface area contributed by atoms with Crippen molar-refractivity contribution >= 4 is 17.6 Å². The highest BCUT2D eigenvalue weighted by atomic mass is 19.3. The third-order valence-corrected chi connectivity index (χ3v) is 5.12. The third-order valence-electron chi connectivity index (χ3n) is 5.12. The molecule has 11 heteroatoms. The minimum atomic E-state index is -2.96. The topological polar surface area (TPSA) is 98.4 Å². The van der Waals surface area contributed by atoms with E-state index in [2.05, 4.69) is 15.4 Å². The number of nitrogens with zero attached hydrogens (tertiary/aromatic N) is 1. The van der Waals surface area contributed by atoms with Crippen LogP contribution in [0.25, 0.3) is 0 Å². The quantitative estimate of drug-likeness (QED) is 0.589. The smallest absolute Gasteiger partial charge is 0.387 e. The van der Waals surface area contributed by atoms with Gasteiger partial charge in [0.15, 0.2) is 23.0 Å². The second-order valence-electron chi connectivity index (χ2n) is 7.57. The summed E-state index contributed by atoms with van der Waals surface area (Å²) in [5.41, 5.74) is 1.22. The number of rotatable bonds is 9. The molecule has 1 aliphatic carbocycles. The number of methoxy groups -OCH3 is 1. The summed E-state index contributed by atoms with van der Waals surface area (Å²) in [4.78, 5) is 26.6. The van der Waals surface area contributed by atoms with Gasteiger partial charge in [0.25, 0.3) is 0 Å². The Labute approximate surface area is 188 Å². The van der Waals surface area contributed by atoms with Crippen LogP contribution in [0.5, 0.6) is 23.0 Å². The molecular weight excluding hydrogens is 440 g/mol. The lowest BCUT2D eigenvalue weighted by Gasteiger charge is -2.22. The maximum atomic E-state index is 12.5. The Morgan fingerprint density at radius 2 is 1.91 bits per heavy atom. The second-order valence-corrected chi connectivity index (χ2v) is 7.57. The molecule has 1 heterocycles. The van der Waals surface area contributed by atoms with Gasteiger partial charge in [-0.2, -0.15) is 8.78 Å². The van der Waals surface area contributed by atoms with Gasteiger partial charge in [-0.15, -0.1) is 0 Å². The number of halogens is 2. The summed E-state index contributed by atoms with van der Waals surface area (Å²) < 4.78 is 45.1. The number of ether oxygens (including phenoxy) is 4. The van der Waals surface area contributed by atoms with E-state index < -0.39 is 18.5 Å². The van der Waals surface area contributed by atoms with Crippen LogP contribution in [0.1, 0.15) is 18.4 Å². The molecule has 0 unspecified atom stereocenters. The lowest BCUT2D eigenvalue weighted by atomic mass is 10.2. The van der Waals surface area contributed by atoms with Gasteiger partial charge in [-0.05, 0) is 42.7 Å². The fourth-order valence-electron chi connectivity index (χ4n) is 3.48. The number of anilines is 1. The Morgan fingerprint density at radius 1 is 1.12 bits per heavy atom. The maximum absolute atomic E-state index is 12.5. The van der Waals surface area contributed by atoms with Crippen LogP contribution in [-0.2, 0) is 11.3 Å². The molecule has 2 aromatic rings. The SMILES string of the molecule is COc1cc(CN(CC(=O)NC(=O)Nc2ccc3c(c2)OCO3)C2CC2)ccc1OC(F)F. The summed E-state index contributed by atoms with van der Waals surface area (Å²) in [5.74, 6) is 0.745. The van der Waals surface area contributed by atoms with Crippen molar-refractivity contribution in [2.45, 2.75) is 32.0 Å². The lowest BCUT2D eigenvalue weighted by Crippen LogP contribution is -2.42. The molecule has 33 heavy (non-hydrogen) atoms. The first-order valence-electron chi connectivity index (χ1n) is 10.3. The molecule has 3 amide bonds. The van der Waals surface area contributed by atoms with Crippen molar-refractivity contribution in [1.82, 2.24) is 10.2 Å². The van der Waals surface area contributed by atoms with Crippen molar-refractivity contribution in [3.8, 4) is 23.0 Å². The molecule has 0 bridgehead atoms. The van der Waals surface area contributed by atoms with Gasteiger partial charge in [0.05, 0.1) is 13.7 Å². The molecule has 2 aliphatic rings. The molecule has 2 N–H and O–H groups in total. The van der Waals surface area contributed by atoms with E-state index in [-0.39, 0.29) is 30.9 Å². The maximum Gasteiger partial charge on any atom is 0.387 e. The number of hydrogen-bond donors (Lipinski definition) is 2. The highest BCUT2D eigenvalue weighted by Crippen LogP contribution is 2.34. The van der Waals surface area contributed by atoms with Crippen molar-refractivity contribution in [2.24, 2.45) is 0 Å². The molecule has 0 atom stereocenters. The number of amides is 3. The van der Waals surface area contributed by atoms with Crippen LogP contribution < -0.4 is 29.6 Å². The molecule has 0 spiro atoms. The predicted molar refractivity (Wildman–Crippen MR) is 113 cm³/mol. The lowest BCUT2D eigenvalue weighted by molar-refractivity contribution is -0.121. The van der Waals surface area contributed by atoms with Crippen molar-refractivity contribution in [3.63, 3.8) is 0 Å². The van der Waals surface area contributed by atoms with E-state index in [9.17, 15) is 18.4 Å². The fraction of sp³-hybridized carbons (Fsp3) is 0.364. The van der Waals surface area contributed by atoms with Gasteiger partial charge in [-0.1, -0.05) is 6.07 Å². The zero-order valence-corrected chi connectivity index (χ0v) is 17.8. The van der Waals surface area contributed by atoms with Gasteiger partial charge >= 0.3 is 12.6 Å². The van der Waals surface area contributed by atoms with Crippen LogP contribution in [0.15, 0.2) is 36.4 Å². The summed E-state index contributed by atoms with van der Waals surface area (Å²) in [6.45, 7) is -2.46. The van der Waals surface area contributed by atoms with Crippen LogP contribution in [0.2, 0.25) is 0 Å². The van der Waals surface area contributed by atoms with E-state index >= 15 is 0 Å². The molecule has 1 fully saturated rings. The molecule has 0 saturated heterocycles. The van der Waals surface area contributed by atoms with Gasteiger partial charge in [-0.3, -0.25) is 15.0 Å². The third kappa shape index (κ3) is 6.01. The van der Waals surface area contributed by atoms with Gasteiger partial charge < -0.3 is 24.3 Å². The molecule has 1 aliphatic heterocycles. The van der Waals surface area contributed by atoms with Gasteiger partial charge in [-0.25, -0.2) is 4.79 Å². The monoisotopic (exact) mass is 463 g/mol. The number of carbonyl (C=O) groups is 2. The number of imide groups is 1. The Morgan fingerprint density at radius 3 is 2.64 bits per heavy atom. The number of carbonyl (C=O) groups excluding carboxylic acids is 2.